The molecule has 4 nitrogen and oxygen atoms in total. The van der Waals surface area contributed by atoms with Gasteiger partial charge in [0.2, 0.25) is 0 Å². The maximum atomic E-state index is 13.2. The van der Waals surface area contributed by atoms with Gasteiger partial charge in [0.15, 0.2) is 11.5 Å². The van der Waals surface area contributed by atoms with Gasteiger partial charge in [0.05, 0.1) is 13.2 Å². The summed E-state index contributed by atoms with van der Waals surface area (Å²) >= 11 is 2.05. The van der Waals surface area contributed by atoms with Crippen LogP contribution in [0.3, 0.4) is 0 Å². The van der Waals surface area contributed by atoms with Crippen LogP contribution in [0.2, 0.25) is 0 Å². The normalized spacial score (nSPS) is 19.9. The highest BCUT2D eigenvalue weighted by Gasteiger charge is 2.42. The zero-order valence-corrected chi connectivity index (χ0v) is 19.8. The number of amides is 1. The van der Waals surface area contributed by atoms with Crippen LogP contribution in [0.1, 0.15) is 68.3 Å². The fourth-order valence-corrected chi connectivity index (χ4v) is 6.50. The molecule has 2 aliphatic heterocycles. The molecule has 2 aromatic rings. The number of methoxy groups -OCH3 is 1. The van der Waals surface area contributed by atoms with Crippen LogP contribution in [0.15, 0.2) is 47.4 Å². The Balaban J connectivity index is 1.46. The van der Waals surface area contributed by atoms with Gasteiger partial charge in [-0.25, -0.2) is 0 Å². The molecule has 2 heterocycles. The highest BCUT2D eigenvalue weighted by Crippen LogP contribution is 2.54. The molecule has 0 radical (unpaired) electrons. The summed E-state index contributed by atoms with van der Waals surface area (Å²) in [5, 5.41) is 0. The molecule has 1 fully saturated rings. The van der Waals surface area contributed by atoms with E-state index in [9.17, 15) is 4.79 Å². The molecule has 0 N–H and O–H groups in total. The molecule has 31 heavy (non-hydrogen) atoms. The van der Waals surface area contributed by atoms with Crippen molar-refractivity contribution in [1.82, 2.24) is 4.90 Å². The maximum Gasteiger partial charge on any atom is 0.253 e. The van der Waals surface area contributed by atoms with Gasteiger partial charge < -0.3 is 14.4 Å². The van der Waals surface area contributed by atoms with E-state index < -0.39 is 0 Å². The first kappa shape index (κ1) is 22.1. The van der Waals surface area contributed by atoms with E-state index in [1.54, 1.807) is 7.11 Å². The summed E-state index contributed by atoms with van der Waals surface area (Å²) in [7, 11) is 1.61. The number of piperidine rings is 1. The van der Waals surface area contributed by atoms with Crippen molar-refractivity contribution in [1.29, 1.82) is 0 Å². The van der Waals surface area contributed by atoms with Crippen molar-refractivity contribution in [3.63, 3.8) is 0 Å². The Kier molecular flexibility index (Phi) is 6.52. The van der Waals surface area contributed by atoms with Crippen LogP contribution in [0.5, 0.6) is 11.5 Å². The summed E-state index contributed by atoms with van der Waals surface area (Å²) < 4.78 is 11.5. The number of hydrogen-bond acceptors (Lipinski definition) is 4. The Morgan fingerprint density at radius 3 is 2.58 bits per heavy atom. The molecule has 1 spiro atoms. The van der Waals surface area contributed by atoms with E-state index >= 15 is 0 Å². The van der Waals surface area contributed by atoms with Gasteiger partial charge in [-0.3, -0.25) is 4.79 Å². The molecule has 2 aromatic carbocycles. The van der Waals surface area contributed by atoms with Gasteiger partial charge in [0, 0.05) is 28.3 Å². The summed E-state index contributed by atoms with van der Waals surface area (Å²) in [6, 6.07) is 14.4. The van der Waals surface area contributed by atoms with E-state index in [1.807, 2.05) is 48.7 Å². The van der Waals surface area contributed by atoms with Crippen molar-refractivity contribution in [3.8, 4) is 11.5 Å². The first-order valence-corrected chi connectivity index (χ1v) is 12.2. The lowest BCUT2D eigenvalue weighted by Crippen LogP contribution is -2.46. The van der Waals surface area contributed by atoms with Crippen LogP contribution in [0.25, 0.3) is 0 Å². The number of likely N-dealkylation sites (tertiary alicyclic amines) is 1. The monoisotopic (exact) mass is 439 g/mol. The molecule has 1 amide bonds. The fraction of sp³-hybridized carbons (Fsp3) is 0.500. The third kappa shape index (κ3) is 4.57. The number of thioether (sulfide) groups is 1. The van der Waals surface area contributed by atoms with Crippen LogP contribution < -0.4 is 9.47 Å². The molecule has 5 heteroatoms. The molecule has 0 aliphatic carbocycles. The molecule has 1 unspecified atom stereocenters. The van der Waals surface area contributed by atoms with Crippen molar-refractivity contribution in [2.24, 2.45) is 0 Å². The van der Waals surface area contributed by atoms with E-state index in [2.05, 4.69) is 31.2 Å². The van der Waals surface area contributed by atoms with Gasteiger partial charge in [0.1, 0.15) is 0 Å². The number of fused-ring (bicyclic) bond motifs is 1. The SMILES string of the molecule is CCC1CC2(CCN(C(=O)c3ccc(OC(C)C)c(OC)c3)CC2)Sc2ccccc21. The topological polar surface area (TPSA) is 38.8 Å². The van der Waals surface area contributed by atoms with Gasteiger partial charge in [0.25, 0.3) is 5.91 Å². The first-order valence-electron chi connectivity index (χ1n) is 11.4. The minimum atomic E-state index is 0.0545. The third-order valence-electron chi connectivity index (χ3n) is 6.53. The van der Waals surface area contributed by atoms with Crippen molar-refractivity contribution >= 4 is 17.7 Å². The number of rotatable bonds is 5. The third-order valence-corrected chi connectivity index (χ3v) is 8.13. The Labute approximate surface area is 190 Å². The summed E-state index contributed by atoms with van der Waals surface area (Å²) in [6.07, 6.45) is 4.52. The maximum absolute atomic E-state index is 13.2. The van der Waals surface area contributed by atoms with Crippen molar-refractivity contribution in [3.05, 3.63) is 53.6 Å². The zero-order chi connectivity index (χ0) is 22.0. The molecule has 1 atom stereocenters. The molecular formula is C26H33NO3S. The van der Waals surface area contributed by atoms with Gasteiger partial charge in [-0.1, -0.05) is 25.1 Å². The lowest BCUT2D eigenvalue weighted by atomic mass is 9.81. The predicted molar refractivity (Wildman–Crippen MR) is 127 cm³/mol. The quantitative estimate of drug-likeness (QED) is 0.560. The Morgan fingerprint density at radius 1 is 1.16 bits per heavy atom. The second-order valence-electron chi connectivity index (χ2n) is 8.96. The molecule has 2 aliphatic rings. The molecule has 166 valence electrons. The predicted octanol–water partition coefficient (Wildman–Crippen LogP) is 6.15. The summed E-state index contributed by atoms with van der Waals surface area (Å²) in [5.74, 6) is 1.99. The second-order valence-corrected chi connectivity index (χ2v) is 10.5. The number of hydrogen-bond donors (Lipinski definition) is 0. The Bertz CT molecular complexity index is 934. The molecular weight excluding hydrogens is 406 g/mol. The van der Waals surface area contributed by atoms with E-state index in [1.165, 1.54) is 23.3 Å². The molecule has 0 saturated carbocycles. The standard InChI is InChI=1S/C26H33NO3S/c1-5-19-17-26(31-24-9-7-6-8-21(19)24)12-14-27(15-13-26)25(28)20-10-11-22(30-18(2)3)23(16-20)29-4/h6-11,16,18-19H,5,12-15,17H2,1-4H3. The lowest BCUT2D eigenvalue weighted by Gasteiger charge is -2.46. The summed E-state index contributed by atoms with van der Waals surface area (Å²) in [4.78, 5) is 16.7. The molecule has 0 bridgehead atoms. The van der Waals surface area contributed by atoms with Gasteiger partial charge >= 0.3 is 0 Å². The van der Waals surface area contributed by atoms with Crippen LogP contribution in [-0.4, -0.2) is 41.9 Å². The highest BCUT2D eigenvalue weighted by molar-refractivity contribution is 8.00. The lowest BCUT2D eigenvalue weighted by molar-refractivity contribution is 0.0698. The minimum Gasteiger partial charge on any atom is -0.493 e. The summed E-state index contributed by atoms with van der Waals surface area (Å²) in [5.41, 5.74) is 2.17. The highest BCUT2D eigenvalue weighted by atomic mass is 32.2. The number of nitrogens with zero attached hydrogens (tertiary/aromatic N) is 1. The minimum absolute atomic E-state index is 0.0545. The van der Waals surface area contributed by atoms with E-state index in [0.717, 1.165) is 25.9 Å². The van der Waals surface area contributed by atoms with Crippen LogP contribution >= 0.6 is 11.8 Å². The van der Waals surface area contributed by atoms with Crippen LogP contribution in [-0.2, 0) is 0 Å². The zero-order valence-electron chi connectivity index (χ0n) is 19.0. The van der Waals surface area contributed by atoms with Gasteiger partial charge in [-0.15, -0.1) is 11.8 Å². The number of carbonyl (C=O) groups is 1. The Morgan fingerprint density at radius 2 is 1.90 bits per heavy atom. The van der Waals surface area contributed by atoms with Crippen molar-refractivity contribution < 1.29 is 14.3 Å². The number of benzene rings is 2. The first-order chi connectivity index (χ1) is 14.9. The fourth-order valence-electron chi connectivity index (χ4n) is 4.87. The largest absolute Gasteiger partial charge is 0.493 e. The van der Waals surface area contributed by atoms with E-state index in [-0.39, 0.29) is 16.8 Å². The molecule has 0 aromatic heterocycles. The van der Waals surface area contributed by atoms with Crippen LogP contribution in [0.4, 0.5) is 0 Å². The average Bonchev–Trinajstić information content (AvgIpc) is 2.78. The molecule has 1 saturated heterocycles. The van der Waals surface area contributed by atoms with Crippen molar-refractivity contribution in [2.45, 2.75) is 68.1 Å². The van der Waals surface area contributed by atoms with Crippen LogP contribution in [0, 0.1) is 0 Å². The Hall–Kier alpha value is -2.14. The average molecular weight is 440 g/mol. The smallest absolute Gasteiger partial charge is 0.253 e. The van der Waals surface area contributed by atoms with E-state index in [0.29, 0.717) is 23.0 Å². The summed E-state index contributed by atoms with van der Waals surface area (Å²) in [6.45, 7) is 7.86. The van der Waals surface area contributed by atoms with Crippen molar-refractivity contribution in [2.75, 3.05) is 20.2 Å². The number of ether oxygens (including phenoxy) is 2. The van der Waals surface area contributed by atoms with Gasteiger partial charge in [-0.05, 0) is 75.3 Å². The molecule has 4 rings (SSSR count). The van der Waals surface area contributed by atoms with Gasteiger partial charge in [-0.2, -0.15) is 0 Å². The number of carbonyl (C=O) groups excluding carboxylic acids is 1. The van der Waals surface area contributed by atoms with E-state index in [4.69, 9.17) is 9.47 Å². The second kappa shape index (κ2) is 9.15.